The van der Waals surface area contributed by atoms with Crippen molar-refractivity contribution in [3.8, 4) is 0 Å². The van der Waals surface area contributed by atoms with Crippen molar-refractivity contribution in [2.24, 2.45) is 0 Å². The van der Waals surface area contributed by atoms with Gasteiger partial charge in [-0.05, 0) is 55.7 Å². The molecule has 7 heteroatoms. The summed E-state index contributed by atoms with van der Waals surface area (Å²) >= 11 is 6.28. The molecule has 3 rings (SSSR count). The molecule has 0 atom stereocenters. The number of carbonyl (C=O) groups excluding carboxylic acids is 2. The van der Waals surface area contributed by atoms with E-state index in [1.165, 1.54) is 0 Å². The second-order valence-electron chi connectivity index (χ2n) is 6.13. The molecule has 0 spiro atoms. The van der Waals surface area contributed by atoms with Crippen LogP contribution in [-0.4, -0.2) is 29.8 Å². The van der Waals surface area contributed by atoms with Gasteiger partial charge in [0, 0.05) is 30.0 Å². The number of piperidine rings is 1. The molecule has 26 heavy (non-hydrogen) atoms. The van der Waals surface area contributed by atoms with Crippen molar-refractivity contribution in [2.75, 3.05) is 24.1 Å². The summed E-state index contributed by atoms with van der Waals surface area (Å²) in [6.07, 6.45) is 3.21. The Morgan fingerprint density at radius 2 is 1.77 bits per heavy atom. The van der Waals surface area contributed by atoms with E-state index in [4.69, 9.17) is 17.3 Å². The molecule has 0 radical (unpaired) electrons. The molecule has 1 saturated heterocycles. The van der Waals surface area contributed by atoms with E-state index in [0.717, 1.165) is 32.4 Å². The molecule has 1 fully saturated rings. The first-order valence-electron chi connectivity index (χ1n) is 8.30. The standard InChI is InChI=1S/C19H20ClN3O2.ClH/c20-17-12-15(22-18(24)13-5-4-6-14(21)11-13)7-8-16(17)19(25)23-9-2-1-3-10-23;/h4-8,11-12H,1-3,9-10,21H2,(H,22,24);1H. The molecule has 2 amide bonds. The quantitative estimate of drug-likeness (QED) is 0.766. The van der Waals surface area contributed by atoms with Crippen molar-refractivity contribution in [1.82, 2.24) is 4.90 Å². The lowest BCUT2D eigenvalue weighted by Crippen LogP contribution is -2.35. The molecule has 2 aromatic carbocycles. The number of carbonyl (C=O) groups is 2. The van der Waals surface area contributed by atoms with E-state index >= 15 is 0 Å². The predicted octanol–water partition coefficient (Wildman–Crippen LogP) is 4.22. The van der Waals surface area contributed by atoms with Gasteiger partial charge in [-0.15, -0.1) is 12.4 Å². The number of halogens is 2. The highest BCUT2D eigenvalue weighted by Crippen LogP contribution is 2.24. The SMILES string of the molecule is Cl.Nc1cccc(C(=O)Nc2ccc(C(=O)N3CCCCC3)c(Cl)c2)c1. The summed E-state index contributed by atoms with van der Waals surface area (Å²) in [5, 5.41) is 3.10. The van der Waals surface area contributed by atoms with Gasteiger partial charge in [-0.25, -0.2) is 0 Å². The van der Waals surface area contributed by atoms with Gasteiger partial charge in [-0.3, -0.25) is 9.59 Å². The van der Waals surface area contributed by atoms with Crippen LogP contribution in [0.5, 0.6) is 0 Å². The molecule has 0 bridgehead atoms. The topological polar surface area (TPSA) is 75.4 Å². The number of nitrogens with one attached hydrogen (secondary N) is 1. The van der Waals surface area contributed by atoms with Crippen LogP contribution < -0.4 is 11.1 Å². The zero-order valence-electron chi connectivity index (χ0n) is 14.2. The van der Waals surface area contributed by atoms with Crippen molar-refractivity contribution < 1.29 is 9.59 Å². The Bertz CT molecular complexity index is 805. The number of hydrogen-bond acceptors (Lipinski definition) is 3. The van der Waals surface area contributed by atoms with Crippen molar-refractivity contribution in [3.05, 3.63) is 58.6 Å². The largest absolute Gasteiger partial charge is 0.399 e. The number of nitrogens with two attached hydrogens (primary N) is 1. The Labute approximate surface area is 163 Å². The smallest absolute Gasteiger partial charge is 0.255 e. The number of rotatable bonds is 3. The van der Waals surface area contributed by atoms with Crippen LogP contribution in [0.4, 0.5) is 11.4 Å². The highest BCUT2D eigenvalue weighted by Gasteiger charge is 2.20. The van der Waals surface area contributed by atoms with Crippen LogP contribution in [0.15, 0.2) is 42.5 Å². The first-order chi connectivity index (χ1) is 12.0. The van der Waals surface area contributed by atoms with Crippen LogP contribution >= 0.6 is 24.0 Å². The zero-order valence-corrected chi connectivity index (χ0v) is 15.8. The van der Waals surface area contributed by atoms with Crippen LogP contribution in [0.2, 0.25) is 5.02 Å². The molecule has 5 nitrogen and oxygen atoms in total. The third-order valence-electron chi connectivity index (χ3n) is 4.25. The van der Waals surface area contributed by atoms with E-state index < -0.39 is 0 Å². The number of nitrogen functional groups attached to an aromatic ring is 1. The van der Waals surface area contributed by atoms with E-state index in [1.54, 1.807) is 42.5 Å². The monoisotopic (exact) mass is 393 g/mol. The van der Waals surface area contributed by atoms with Gasteiger partial charge in [-0.2, -0.15) is 0 Å². The fraction of sp³-hybridized carbons (Fsp3) is 0.263. The molecule has 0 aromatic heterocycles. The lowest BCUT2D eigenvalue weighted by molar-refractivity contribution is 0.0724. The Morgan fingerprint density at radius 3 is 2.42 bits per heavy atom. The van der Waals surface area contributed by atoms with Crippen LogP contribution in [0, 0.1) is 0 Å². The van der Waals surface area contributed by atoms with Crippen molar-refractivity contribution >= 4 is 47.2 Å². The maximum absolute atomic E-state index is 12.6. The zero-order chi connectivity index (χ0) is 17.8. The van der Waals surface area contributed by atoms with E-state index in [1.807, 2.05) is 4.90 Å². The van der Waals surface area contributed by atoms with Gasteiger partial charge in [0.05, 0.1) is 10.6 Å². The normalized spacial score (nSPS) is 13.7. The molecule has 2 aromatic rings. The van der Waals surface area contributed by atoms with Crippen molar-refractivity contribution in [2.45, 2.75) is 19.3 Å². The van der Waals surface area contributed by atoms with Crippen LogP contribution in [-0.2, 0) is 0 Å². The van der Waals surface area contributed by atoms with Crippen LogP contribution in [0.3, 0.4) is 0 Å². The van der Waals surface area contributed by atoms with Gasteiger partial charge in [0.15, 0.2) is 0 Å². The Balaban J connectivity index is 0.00000243. The minimum absolute atomic E-state index is 0. The van der Waals surface area contributed by atoms with Crippen LogP contribution in [0.1, 0.15) is 40.0 Å². The van der Waals surface area contributed by atoms with E-state index in [9.17, 15) is 9.59 Å². The molecule has 0 unspecified atom stereocenters. The summed E-state index contributed by atoms with van der Waals surface area (Å²) in [7, 11) is 0. The van der Waals surface area contributed by atoms with Gasteiger partial charge >= 0.3 is 0 Å². The summed E-state index contributed by atoms with van der Waals surface area (Å²) in [6, 6.07) is 11.7. The molecule has 138 valence electrons. The average molecular weight is 394 g/mol. The summed E-state index contributed by atoms with van der Waals surface area (Å²) < 4.78 is 0. The third kappa shape index (κ3) is 4.68. The molecule has 0 aliphatic carbocycles. The first-order valence-corrected chi connectivity index (χ1v) is 8.68. The maximum atomic E-state index is 12.6. The number of likely N-dealkylation sites (tertiary alicyclic amines) is 1. The summed E-state index contributed by atoms with van der Waals surface area (Å²) in [5.74, 6) is -0.336. The minimum atomic E-state index is -0.279. The van der Waals surface area contributed by atoms with E-state index in [2.05, 4.69) is 5.32 Å². The molecule has 0 saturated carbocycles. The summed E-state index contributed by atoms with van der Waals surface area (Å²) in [4.78, 5) is 26.6. The number of amides is 2. The maximum Gasteiger partial charge on any atom is 0.255 e. The van der Waals surface area contributed by atoms with Gasteiger partial charge < -0.3 is 16.0 Å². The molecule has 1 aliphatic rings. The Morgan fingerprint density at radius 1 is 1.04 bits per heavy atom. The Hall–Kier alpha value is -2.24. The third-order valence-corrected chi connectivity index (χ3v) is 4.56. The van der Waals surface area contributed by atoms with Gasteiger partial charge in [0.25, 0.3) is 11.8 Å². The minimum Gasteiger partial charge on any atom is -0.399 e. The lowest BCUT2D eigenvalue weighted by Gasteiger charge is -2.27. The molecule has 1 aliphatic heterocycles. The molecular weight excluding hydrogens is 373 g/mol. The number of hydrogen-bond donors (Lipinski definition) is 2. The van der Waals surface area contributed by atoms with Crippen LogP contribution in [0.25, 0.3) is 0 Å². The first kappa shape index (κ1) is 20.1. The molecule has 1 heterocycles. The van der Waals surface area contributed by atoms with Gasteiger partial charge in [0.2, 0.25) is 0 Å². The number of benzene rings is 2. The summed E-state index contributed by atoms with van der Waals surface area (Å²) in [6.45, 7) is 1.53. The van der Waals surface area contributed by atoms with E-state index in [0.29, 0.717) is 27.5 Å². The number of nitrogens with zero attached hydrogens (tertiary/aromatic N) is 1. The predicted molar refractivity (Wildman–Crippen MR) is 107 cm³/mol. The van der Waals surface area contributed by atoms with E-state index in [-0.39, 0.29) is 24.2 Å². The van der Waals surface area contributed by atoms with Crippen molar-refractivity contribution in [3.63, 3.8) is 0 Å². The van der Waals surface area contributed by atoms with Gasteiger partial charge in [0.1, 0.15) is 0 Å². The van der Waals surface area contributed by atoms with Gasteiger partial charge in [-0.1, -0.05) is 17.7 Å². The summed E-state index contributed by atoms with van der Waals surface area (Å²) in [5.41, 5.74) is 7.68. The fourth-order valence-corrected chi connectivity index (χ4v) is 3.18. The number of anilines is 2. The Kier molecular flexibility index (Phi) is 6.89. The molecule has 3 N–H and O–H groups in total. The van der Waals surface area contributed by atoms with Crippen molar-refractivity contribution in [1.29, 1.82) is 0 Å². The second-order valence-corrected chi connectivity index (χ2v) is 6.53. The lowest BCUT2D eigenvalue weighted by atomic mass is 10.1. The average Bonchev–Trinajstić information content (AvgIpc) is 2.62. The highest BCUT2D eigenvalue weighted by atomic mass is 35.5. The fourth-order valence-electron chi connectivity index (χ4n) is 2.92. The highest BCUT2D eigenvalue weighted by molar-refractivity contribution is 6.34. The molecular formula is C19H21Cl2N3O2. The second kappa shape index (κ2) is 8.92.